The first-order valence-electron chi connectivity index (χ1n) is 4.93. The molecule has 0 aromatic heterocycles. The molecule has 0 aliphatic heterocycles. The highest BCUT2D eigenvalue weighted by atomic mass is 16.2. The van der Waals surface area contributed by atoms with Crippen LogP contribution < -0.4 is 10.6 Å². The number of carbonyl (C=O) groups excluding carboxylic acids is 2. The number of primary amides is 1. The summed E-state index contributed by atoms with van der Waals surface area (Å²) in [5, 5.41) is 0. The van der Waals surface area contributed by atoms with Crippen molar-refractivity contribution in [3.63, 3.8) is 0 Å². The van der Waals surface area contributed by atoms with Crippen LogP contribution in [-0.2, 0) is 9.59 Å². The summed E-state index contributed by atoms with van der Waals surface area (Å²) in [6.45, 7) is 3.57. The van der Waals surface area contributed by atoms with Gasteiger partial charge in [0.1, 0.15) is 0 Å². The summed E-state index contributed by atoms with van der Waals surface area (Å²) in [7, 11) is 0. The second-order valence-electron chi connectivity index (χ2n) is 3.25. The van der Waals surface area contributed by atoms with E-state index >= 15 is 0 Å². The molecule has 0 unspecified atom stereocenters. The smallest absolute Gasteiger partial charge is 0.231 e. The van der Waals surface area contributed by atoms with Crippen LogP contribution in [0.1, 0.15) is 12.8 Å². The van der Waals surface area contributed by atoms with Crippen LogP contribution in [-0.4, -0.2) is 11.8 Å². The number of benzene rings is 1. The van der Waals surface area contributed by atoms with Gasteiger partial charge in [-0.3, -0.25) is 14.5 Å². The molecule has 0 atom stereocenters. The van der Waals surface area contributed by atoms with Crippen LogP contribution >= 0.6 is 0 Å². The number of nitrogens with zero attached hydrogens (tertiary/aromatic N) is 1. The van der Waals surface area contributed by atoms with Crippen molar-refractivity contribution in [3.05, 3.63) is 43.1 Å². The van der Waals surface area contributed by atoms with Gasteiger partial charge in [0.05, 0.1) is 0 Å². The summed E-state index contributed by atoms with van der Waals surface area (Å²) in [5.74, 6) is -0.676. The maximum atomic E-state index is 11.7. The monoisotopic (exact) mass is 218 g/mol. The molecule has 0 heterocycles. The molecular weight excluding hydrogens is 204 g/mol. The molecule has 1 aromatic rings. The normalized spacial score (nSPS) is 9.50. The quantitative estimate of drug-likeness (QED) is 0.812. The van der Waals surface area contributed by atoms with Crippen molar-refractivity contribution in [2.75, 3.05) is 4.90 Å². The topological polar surface area (TPSA) is 63.4 Å². The molecular formula is C12H14N2O2. The molecule has 4 heteroatoms. The average molecular weight is 218 g/mol. The first kappa shape index (κ1) is 12.0. The summed E-state index contributed by atoms with van der Waals surface area (Å²) >= 11 is 0. The van der Waals surface area contributed by atoms with E-state index in [4.69, 9.17) is 5.73 Å². The molecule has 4 nitrogen and oxygen atoms in total. The van der Waals surface area contributed by atoms with Gasteiger partial charge in [-0.2, -0.15) is 0 Å². The number of para-hydroxylation sites is 1. The van der Waals surface area contributed by atoms with Gasteiger partial charge in [-0.1, -0.05) is 24.8 Å². The van der Waals surface area contributed by atoms with Crippen molar-refractivity contribution >= 4 is 17.5 Å². The predicted octanol–water partition coefficient (Wildman–Crippen LogP) is 1.43. The molecule has 0 saturated heterocycles. The van der Waals surface area contributed by atoms with Crippen LogP contribution in [0.3, 0.4) is 0 Å². The molecule has 2 N–H and O–H groups in total. The summed E-state index contributed by atoms with van der Waals surface area (Å²) in [6.07, 6.45) is 1.57. The molecule has 0 aliphatic carbocycles. The number of nitrogens with two attached hydrogens (primary N) is 1. The zero-order chi connectivity index (χ0) is 12.0. The maximum Gasteiger partial charge on any atom is 0.231 e. The number of rotatable bonds is 5. The maximum absolute atomic E-state index is 11.7. The Hall–Kier alpha value is -2.10. The fourth-order valence-corrected chi connectivity index (χ4v) is 1.29. The van der Waals surface area contributed by atoms with Gasteiger partial charge in [-0.05, 0) is 12.1 Å². The van der Waals surface area contributed by atoms with Crippen LogP contribution in [0.15, 0.2) is 43.1 Å². The van der Waals surface area contributed by atoms with Crippen molar-refractivity contribution in [3.8, 4) is 0 Å². The third-order valence-corrected chi connectivity index (χ3v) is 2.07. The predicted molar refractivity (Wildman–Crippen MR) is 62.6 cm³/mol. The Kier molecular flexibility index (Phi) is 4.27. The van der Waals surface area contributed by atoms with Crippen molar-refractivity contribution in [1.82, 2.24) is 0 Å². The lowest BCUT2D eigenvalue weighted by Gasteiger charge is -2.17. The third-order valence-electron chi connectivity index (χ3n) is 2.07. The molecule has 2 amide bonds. The van der Waals surface area contributed by atoms with E-state index in [-0.39, 0.29) is 18.7 Å². The summed E-state index contributed by atoms with van der Waals surface area (Å²) < 4.78 is 0. The number of hydrogen-bond donors (Lipinski definition) is 1. The lowest BCUT2D eigenvalue weighted by atomic mass is 10.2. The van der Waals surface area contributed by atoms with E-state index < -0.39 is 5.91 Å². The van der Waals surface area contributed by atoms with E-state index in [9.17, 15) is 9.59 Å². The second kappa shape index (κ2) is 5.70. The first-order chi connectivity index (χ1) is 7.65. The summed E-state index contributed by atoms with van der Waals surface area (Å²) in [4.78, 5) is 23.7. The van der Waals surface area contributed by atoms with E-state index in [0.29, 0.717) is 0 Å². The zero-order valence-electron chi connectivity index (χ0n) is 8.93. The van der Waals surface area contributed by atoms with Crippen molar-refractivity contribution in [2.24, 2.45) is 5.73 Å². The molecule has 0 spiro atoms. The Morgan fingerprint density at radius 2 is 1.88 bits per heavy atom. The molecule has 0 fully saturated rings. The minimum Gasteiger partial charge on any atom is -0.370 e. The van der Waals surface area contributed by atoms with Crippen molar-refractivity contribution < 1.29 is 9.59 Å². The Labute approximate surface area is 94.4 Å². The summed E-state index contributed by atoms with van der Waals surface area (Å²) in [6, 6.07) is 9.10. The van der Waals surface area contributed by atoms with Gasteiger partial charge in [-0.25, -0.2) is 0 Å². The average Bonchev–Trinajstić information content (AvgIpc) is 2.29. The molecule has 16 heavy (non-hydrogen) atoms. The zero-order valence-corrected chi connectivity index (χ0v) is 8.93. The molecule has 0 bridgehead atoms. The molecule has 84 valence electrons. The number of anilines is 1. The van der Waals surface area contributed by atoms with Gasteiger partial charge in [0, 0.05) is 24.7 Å². The Bertz CT molecular complexity index is 387. The molecule has 1 aromatic carbocycles. The van der Waals surface area contributed by atoms with E-state index in [1.54, 1.807) is 12.1 Å². The van der Waals surface area contributed by atoms with Crippen molar-refractivity contribution in [2.45, 2.75) is 12.8 Å². The minimum atomic E-state index is -0.481. The van der Waals surface area contributed by atoms with E-state index in [2.05, 4.69) is 6.58 Å². The fourth-order valence-electron chi connectivity index (χ4n) is 1.29. The third kappa shape index (κ3) is 3.24. The van der Waals surface area contributed by atoms with Crippen LogP contribution in [0.2, 0.25) is 0 Å². The first-order valence-corrected chi connectivity index (χ1v) is 4.93. The summed E-state index contributed by atoms with van der Waals surface area (Å²) in [5.41, 5.74) is 5.71. The lowest BCUT2D eigenvalue weighted by Crippen LogP contribution is -2.26. The fraction of sp³-hybridized carbons (Fsp3) is 0.167. The van der Waals surface area contributed by atoms with Gasteiger partial charge in [0.2, 0.25) is 11.8 Å². The van der Waals surface area contributed by atoms with Gasteiger partial charge in [0.25, 0.3) is 0 Å². The minimum absolute atomic E-state index is 0.0516. The van der Waals surface area contributed by atoms with E-state index in [1.165, 1.54) is 11.1 Å². The van der Waals surface area contributed by atoms with E-state index in [1.807, 2.05) is 18.2 Å². The van der Waals surface area contributed by atoms with Gasteiger partial charge in [-0.15, -0.1) is 0 Å². The molecule has 0 radical (unpaired) electrons. The number of carbonyl (C=O) groups is 2. The lowest BCUT2D eigenvalue weighted by molar-refractivity contribution is -0.123. The number of amides is 2. The molecule has 0 saturated carbocycles. The van der Waals surface area contributed by atoms with Crippen LogP contribution in [0.5, 0.6) is 0 Å². The highest BCUT2D eigenvalue weighted by Gasteiger charge is 2.12. The highest BCUT2D eigenvalue weighted by Crippen LogP contribution is 2.14. The van der Waals surface area contributed by atoms with Gasteiger partial charge < -0.3 is 5.73 Å². The van der Waals surface area contributed by atoms with Gasteiger partial charge >= 0.3 is 0 Å². The SMILES string of the molecule is C=CN(C(=O)CCC(N)=O)c1ccccc1. The Morgan fingerprint density at radius 3 is 2.38 bits per heavy atom. The Balaban J connectivity index is 2.71. The van der Waals surface area contributed by atoms with Crippen molar-refractivity contribution in [1.29, 1.82) is 0 Å². The van der Waals surface area contributed by atoms with E-state index in [0.717, 1.165) is 5.69 Å². The van der Waals surface area contributed by atoms with Crippen LogP contribution in [0, 0.1) is 0 Å². The van der Waals surface area contributed by atoms with Crippen LogP contribution in [0.4, 0.5) is 5.69 Å². The Morgan fingerprint density at radius 1 is 1.25 bits per heavy atom. The second-order valence-corrected chi connectivity index (χ2v) is 3.25. The van der Waals surface area contributed by atoms with Gasteiger partial charge in [0.15, 0.2) is 0 Å². The molecule has 0 aliphatic rings. The standard InChI is InChI=1S/C12H14N2O2/c1-2-14(10-6-4-3-5-7-10)12(16)9-8-11(13)15/h2-7H,1,8-9H2,(H2,13,15). The largest absolute Gasteiger partial charge is 0.370 e. The molecule has 1 rings (SSSR count). The number of hydrogen-bond acceptors (Lipinski definition) is 2. The highest BCUT2D eigenvalue weighted by molar-refractivity contribution is 5.96. The van der Waals surface area contributed by atoms with Crippen LogP contribution in [0.25, 0.3) is 0 Å².